The van der Waals surface area contributed by atoms with Crippen molar-refractivity contribution in [1.29, 1.82) is 0 Å². The van der Waals surface area contributed by atoms with Crippen LogP contribution >= 0.6 is 24.0 Å². The number of rotatable bonds is 7. The highest BCUT2D eigenvalue weighted by Crippen LogP contribution is 2.16. The van der Waals surface area contributed by atoms with Gasteiger partial charge in [0.2, 0.25) is 0 Å². The zero-order valence-electron chi connectivity index (χ0n) is 16.9. The van der Waals surface area contributed by atoms with E-state index in [0.717, 1.165) is 12.5 Å². The van der Waals surface area contributed by atoms with Crippen molar-refractivity contribution in [3.8, 4) is 0 Å². The first kappa shape index (κ1) is 23.2. The van der Waals surface area contributed by atoms with Crippen LogP contribution in [0, 0.1) is 0 Å². The van der Waals surface area contributed by atoms with Crippen molar-refractivity contribution in [3.05, 3.63) is 18.0 Å². The molecule has 1 fully saturated rings. The van der Waals surface area contributed by atoms with Crippen molar-refractivity contribution in [2.24, 2.45) is 12.0 Å². The fourth-order valence-electron chi connectivity index (χ4n) is 3.41. The molecule has 1 unspecified atom stereocenters. The molecule has 0 bridgehead atoms. The van der Waals surface area contributed by atoms with E-state index in [1.54, 1.807) is 0 Å². The third-order valence-corrected chi connectivity index (χ3v) is 4.89. The maximum atomic E-state index is 4.41. The predicted molar refractivity (Wildman–Crippen MR) is 119 cm³/mol. The van der Waals surface area contributed by atoms with Crippen molar-refractivity contribution >= 4 is 29.9 Å². The molecule has 2 rings (SSSR count). The fraction of sp³-hybridized carbons (Fsp3) is 0.778. The number of hydrogen-bond acceptors (Lipinski definition) is 4. The lowest BCUT2D eigenvalue weighted by Crippen LogP contribution is -2.49. The van der Waals surface area contributed by atoms with Crippen molar-refractivity contribution < 1.29 is 0 Å². The number of aromatic nitrogens is 2. The Morgan fingerprint density at radius 3 is 2.58 bits per heavy atom. The van der Waals surface area contributed by atoms with Crippen molar-refractivity contribution in [2.75, 3.05) is 47.3 Å². The highest BCUT2D eigenvalue weighted by atomic mass is 127. The minimum absolute atomic E-state index is 0. The van der Waals surface area contributed by atoms with Crippen LogP contribution in [0.1, 0.15) is 37.8 Å². The van der Waals surface area contributed by atoms with Crippen LogP contribution in [-0.2, 0) is 7.05 Å². The fourth-order valence-corrected chi connectivity index (χ4v) is 3.41. The number of nitrogens with zero attached hydrogens (tertiary/aromatic N) is 5. The minimum atomic E-state index is 0. The molecule has 26 heavy (non-hydrogen) atoms. The topological polar surface area (TPSA) is 60.7 Å². The van der Waals surface area contributed by atoms with Gasteiger partial charge in [0.25, 0.3) is 0 Å². The molecule has 0 amide bonds. The van der Waals surface area contributed by atoms with Crippen LogP contribution < -0.4 is 10.6 Å². The van der Waals surface area contributed by atoms with E-state index in [0.29, 0.717) is 6.04 Å². The molecular weight excluding hydrogens is 441 g/mol. The van der Waals surface area contributed by atoms with E-state index >= 15 is 0 Å². The molecule has 1 aromatic rings. The molecule has 1 aliphatic heterocycles. The molecule has 150 valence electrons. The van der Waals surface area contributed by atoms with Crippen LogP contribution in [0.2, 0.25) is 0 Å². The van der Waals surface area contributed by atoms with Crippen molar-refractivity contribution in [3.63, 3.8) is 0 Å². The highest BCUT2D eigenvalue weighted by Gasteiger charge is 2.20. The van der Waals surface area contributed by atoms with E-state index in [2.05, 4.69) is 57.7 Å². The van der Waals surface area contributed by atoms with Crippen LogP contribution in [0.3, 0.4) is 0 Å². The molecule has 1 atom stereocenters. The molecule has 2 heterocycles. The third kappa shape index (κ3) is 7.03. The van der Waals surface area contributed by atoms with Gasteiger partial charge in [-0.15, -0.1) is 24.0 Å². The molecule has 0 radical (unpaired) electrons. The minimum Gasteiger partial charge on any atom is -0.354 e. The summed E-state index contributed by atoms with van der Waals surface area (Å²) in [5, 5.41) is 11.4. The molecular formula is C18H36IN7. The Hall–Kier alpha value is -0.870. The number of guanidine groups is 1. The summed E-state index contributed by atoms with van der Waals surface area (Å²) in [4.78, 5) is 9.17. The standard InChI is InChI=1S/C18H35N7.HI/c1-6-9-25-10-7-16(8-11-25)22-18(19-2)20-13-17(23(3)4)15-12-21-24(5)14-15;/h12,14,16-17H,6-11,13H2,1-5H3,(H2,19,20,22);1H. The van der Waals surface area contributed by atoms with Gasteiger partial charge in [0.05, 0.1) is 12.2 Å². The van der Waals surface area contributed by atoms with E-state index in [-0.39, 0.29) is 30.0 Å². The van der Waals surface area contributed by atoms with Gasteiger partial charge in [-0.1, -0.05) is 6.92 Å². The van der Waals surface area contributed by atoms with Crippen molar-refractivity contribution in [2.45, 2.75) is 38.3 Å². The van der Waals surface area contributed by atoms with Crippen LogP contribution in [0.5, 0.6) is 0 Å². The summed E-state index contributed by atoms with van der Waals surface area (Å²) in [6.45, 7) is 6.62. The normalized spacial score (nSPS) is 17.8. The molecule has 1 aromatic heterocycles. The Morgan fingerprint density at radius 2 is 2.08 bits per heavy atom. The van der Waals surface area contributed by atoms with E-state index in [1.807, 2.05) is 25.0 Å². The largest absolute Gasteiger partial charge is 0.354 e. The van der Waals surface area contributed by atoms with Gasteiger partial charge in [0.1, 0.15) is 0 Å². The van der Waals surface area contributed by atoms with E-state index in [9.17, 15) is 0 Å². The third-order valence-electron chi connectivity index (χ3n) is 4.89. The van der Waals surface area contributed by atoms with Crippen LogP contribution in [0.25, 0.3) is 0 Å². The maximum Gasteiger partial charge on any atom is 0.191 e. The molecule has 0 aliphatic carbocycles. The van der Waals surface area contributed by atoms with Crippen LogP contribution in [0.4, 0.5) is 0 Å². The number of halogens is 1. The Bertz CT molecular complexity index is 535. The van der Waals surface area contributed by atoms with Gasteiger partial charge < -0.3 is 20.4 Å². The summed E-state index contributed by atoms with van der Waals surface area (Å²) in [7, 11) is 7.99. The smallest absolute Gasteiger partial charge is 0.191 e. The van der Waals surface area contributed by atoms with E-state index in [1.165, 1.54) is 44.5 Å². The summed E-state index contributed by atoms with van der Waals surface area (Å²) in [5.74, 6) is 0.893. The number of nitrogens with one attached hydrogen (secondary N) is 2. The lowest BCUT2D eigenvalue weighted by atomic mass is 10.1. The number of aryl methyl sites for hydroxylation is 1. The molecule has 0 saturated carbocycles. The molecule has 0 spiro atoms. The number of piperidine rings is 1. The summed E-state index contributed by atoms with van der Waals surface area (Å²) >= 11 is 0. The average molecular weight is 477 g/mol. The second-order valence-corrected chi connectivity index (χ2v) is 7.14. The summed E-state index contributed by atoms with van der Waals surface area (Å²) in [5.41, 5.74) is 1.21. The van der Waals surface area contributed by atoms with Gasteiger partial charge in [0, 0.05) is 51.5 Å². The Morgan fingerprint density at radius 1 is 1.38 bits per heavy atom. The highest BCUT2D eigenvalue weighted by molar-refractivity contribution is 14.0. The number of likely N-dealkylation sites (N-methyl/N-ethyl adjacent to an activating group) is 1. The Balaban J connectivity index is 0.00000338. The maximum absolute atomic E-state index is 4.41. The Labute approximate surface area is 175 Å². The molecule has 8 heteroatoms. The molecule has 1 saturated heterocycles. The number of aliphatic imine (C=N–C) groups is 1. The van der Waals surface area contributed by atoms with E-state index < -0.39 is 0 Å². The van der Waals surface area contributed by atoms with Gasteiger partial charge in [-0.05, 0) is 39.9 Å². The van der Waals surface area contributed by atoms with Crippen LogP contribution in [-0.4, -0.2) is 78.9 Å². The zero-order chi connectivity index (χ0) is 18.2. The summed E-state index contributed by atoms with van der Waals surface area (Å²) in [6.07, 6.45) is 7.61. The molecule has 0 aromatic carbocycles. The second-order valence-electron chi connectivity index (χ2n) is 7.14. The molecule has 7 nitrogen and oxygen atoms in total. The average Bonchev–Trinajstić information content (AvgIpc) is 3.01. The summed E-state index contributed by atoms with van der Waals surface area (Å²) < 4.78 is 1.85. The SMILES string of the molecule is CCCN1CCC(NC(=NC)NCC(c2cnn(C)c2)N(C)C)CC1.I. The van der Waals surface area contributed by atoms with Gasteiger partial charge >= 0.3 is 0 Å². The molecule has 2 N–H and O–H groups in total. The van der Waals surface area contributed by atoms with Gasteiger partial charge in [-0.25, -0.2) is 0 Å². The first-order chi connectivity index (χ1) is 12.0. The monoisotopic (exact) mass is 477 g/mol. The first-order valence-electron chi connectivity index (χ1n) is 9.38. The number of hydrogen-bond donors (Lipinski definition) is 2. The zero-order valence-corrected chi connectivity index (χ0v) is 19.2. The van der Waals surface area contributed by atoms with Gasteiger partial charge in [-0.3, -0.25) is 9.67 Å². The quantitative estimate of drug-likeness (QED) is 0.356. The second kappa shape index (κ2) is 11.8. The Kier molecular flexibility index (Phi) is 10.5. The van der Waals surface area contributed by atoms with Gasteiger partial charge in [-0.2, -0.15) is 5.10 Å². The molecule has 1 aliphatic rings. The van der Waals surface area contributed by atoms with E-state index in [4.69, 9.17) is 0 Å². The lowest BCUT2D eigenvalue weighted by Gasteiger charge is -2.33. The predicted octanol–water partition coefficient (Wildman–Crippen LogP) is 1.68. The van der Waals surface area contributed by atoms with Crippen LogP contribution in [0.15, 0.2) is 17.4 Å². The number of likely N-dealkylation sites (tertiary alicyclic amines) is 1. The van der Waals surface area contributed by atoms with Gasteiger partial charge in [0.15, 0.2) is 5.96 Å². The lowest BCUT2D eigenvalue weighted by molar-refractivity contribution is 0.206. The van der Waals surface area contributed by atoms with Crippen molar-refractivity contribution in [1.82, 2.24) is 30.2 Å². The first-order valence-corrected chi connectivity index (χ1v) is 9.38. The summed E-state index contributed by atoms with van der Waals surface area (Å²) in [6, 6.07) is 0.772.